The first-order valence-corrected chi connectivity index (χ1v) is 7.31. The van der Waals surface area contributed by atoms with Crippen LogP contribution in [0.5, 0.6) is 0 Å². The molecule has 4 nitrogen and oxygen atoms in total. The van der Waals surface area contributed by atoms with Crippen LogP contribution in [0.4, 0.5) is 0 Å². The van der Waals surface area contributed by atoms with E-state index >= 15 is 0 Å². The molecule has 0 amide bonds. The molecule has 3 rings (SSSR count). The highest BCUT2D eigenvalue weighted by molar-refractivity contribution is 7.08. The van der Waals surface area contributed by atoms with Gasteiger partial charge < -0.3 is 5.11 Å². The number of thiophene rings is 1. The Morgan fingerprint density at radius 2 is 2.15 bits per heavy atom. The van der Waals surface area contributed by atoms with E-state index in [2.05, 4.69) is 18.8 Å². The highest BCUT2D eigenvalue weighted by Gasteiger charge is 2.19. The zero-order chi connectivity index (χ0) is 14.3. The minimum Gasteiger partial charge on any atom is -0.478 e. The molecule has 0 atom stereocenters. The molecule has 0 unspecified atom stereocenters. The van der Waals surface area contributed by atoms with Crippen LogP contribution < -0.4 is 0 Å². The molecule has 0 aliphatic rings. The van der Waals surface area contributed by atoms with Gasteiger partial charge >= 0.3 is 5.97 Å². The summed E-state index contributed by atoms with van der Waals surface area (Å²) in [6.07, 6.45) is 0. The van der Waals surface area contributed by atoms with Gasteiger partial charge in [-0.05, 0) is 23.6 Å². The topological polar surface area (TPSA) is 55.1 Å². The maximum atomic E-state index is 11.3. The standard InChI is InChI=1S/C15H14N2O2S/c1-9(2)14-16-13-11(15(18)19)4-3-5-12(13)17(14)10-6-7-20-8-10/h3-9H,1-2H3,(H,18,19). The van der Waals surface area contributed by atoms with Crippen LogP contribution >= 0.6 is 11.3 Å². The molecule has 0 aliphatic carbocycles. The number of carboxylic acid groups (broad SMARTS) is 1. The molecule has 3 aromatic rings. The normalized spacial score (nSPS) is 11.3. The average molecular weight is 286 g/mol. The van der Waals surface area contributed by atoms with Crippen molar-refractivity contribution in [3.05, 3.63) is 46.4 Å². The summed E-state index contributed by atoms with van der Waals surface area (Å²) in [5, 5.41) is 13.4. The van der Waals surface area contributed by atoms with Crippen molar-refractivity contribution in [3.8, 4) is 5.69 Å². The summed E-state index contributed by atoms with van der Waals surface area (Å²) in [6.45, 7) is 4.12. The highest BCUT2D eigenvalue weighted by Crippen LogP contribution is 2.28. The van der Waals surface area contributed by atoms with E-state index in [0.29, 0.717) is 5.52 Å². The van der Waals surface area contributed by atoms with E-state index in [1.54, 1.807) is 23.5 Å². The Labute approximate surface area is 120 Å². The van der Waals surface area contributed by atoms with Gasteiger partial charge in [-0.3, -0.25) is 4.57 Å². The van der Waals surface area contributed by atoms with E-state index in [1.165, 1.54) is 0 Å². The van der Waals surface area contributed by atoms with Crippen molar-refractivity contribution in [2.75, 3.05) is 0 Å². The molecule has 0 fully saturated rings. The van der Waals surface area contributed by atoms with Gasteiger partial charge in [0.2, 0.25) is 0 Å². The molecule has 20 heavy (non-hydrogen) atoms. The molecule has 0 saturated heterocycles. The lowest BCUT2D eigenvalue weighted by atomic mass is 10.2. The van der Waals surface area contributed by atoms with Gasteiger partial charge in [0.15, 0.2) is 0 Å². The summed E-state index contributed by atoms with van der Waals surface area (Å²) in [7, 11) is 0. The third-order valence-corrected chi connectivity index (χ3v) is 3.89. The van der Waals surface area contributed by atoms with E-state index in [-0.39, 0.29) is 11.5 Å². The first-order chi connectivity index (χ1) is 9.59. The second-order valence-corrected chi connectivity index (χ2v) is 5.70. The largest absolute Gasteiger partial charge is 0.478 e. The molecule has 0 aliphatic heterocycles. The maximum Gasteiger partial charge on any atom is 0.337 e. The smallest absolute Gasteiger partial charge is 0.337 e. The number of aromatic carboxylic acids is 1. The Bertz CT molecular complexity index is 773. The fourth-order valence-corrected chi connectivity index (χ4v) is 2.95. The van der Waals surface area contributed by atoms with E-state index in [1.807, 2.05) is 27.5 Å². The first-order valence-electron chi connectivity index (χ1n) is 6.37. The molecular weight excluding hydrogens is 272 g/mol. The predicted molar refractivity (Wildman–Crippen MR) is 80.0 cm³/mol. The third-order valence-electron chi connectivity index (χ3n) is 3.22. The monoisotopic (exact) mass is 286 g/mol. The number of para-hydroxylation sites is 1. The number of hydrogen-bond donors (Lipinski definition) is 1. The number of benzene rings is 1. The lowest BCUT2D eigenvalue weighted by Gasteiger charge is -2.09. The zero-order valence-corrected chi connectivity index (χ0v) is 12.0. The van der Waals surface area contributed by atoms with E-state index < -0.39 is 5.97 Å². The molecular formula is C15H14N2O2S. The molecule has 0 saturated carbocycles. The molecule has 2 heterocycles. The Morgan fingerprint density at radius 1 is 1.35 bits per heavy atom. The summed E-state index contributed by atoms with van der Waals surface area (Å²) in [4.78, 5) is 15.9. The molecule has 2 aromatic heterocycles. The van der Waals surface area contributed by atoms with Crippen LogP contribution in [-0.2, 0) is 0 Å². The number of fused-ring (bicyclic) bond motifs is 1. The van der Waals surface area contributed by atoms with Crippen molar-refractivity contribution in [3.63, 3.8) is 0 Å². The number of carboxylic acids is 1. The van der Waals surface area contributed by atoms with Crippen molar-refractivity contribution in [1.82, 2.24) is 9.55 Å². The molecule has 5 heteroatoms. The lowest BCUT2D eigenvalue weighted by Crippen LogP contribution is -2.01. The highest BCUT2D eigenvalue weighted by atomic mass is 32.1. The maximum absolute atomic E-state index is 11.3. The number of aromatic nitrogens is 2. The van der Waals surface area contributed by atoms with E-state index in [4.69, 9.17) is 0 Å². The fourth-order valence-electron chi connectivity index (χ4n) is 2.33. The van der Waals surface area contributed by atoms with Gasteiger partial charge in [-0.25, -0.2) is 9.78 Å². The molecule has 1 N–H and O–H groups in total. The van der Waals surface area contributed by atoms with Gasteiger partial charge in [-0.15, -0.1) is 0 Å². The fraction of sp³-hybridized carbons (Fsp3) is 0.200. The van der Waals surface area contributed by atoms with Crippen LogP contribution in [0, 0.1) is 0 Å². The molecule has 0 spiro atoms. The molecule has 0 radical (unpaired) electrons. The average Bonchev–Trinajstić information content (AvgIpc) is 3.03. The van der Waals surface area contributed by atoms with Gasteiger partial charge in [0.1, 0.15) is 11.3 Å². The van der Waals surface area contributed by atoms with Crippen LogP contribution in [0.15, 0.2) is 35.0 Å². The Kier molecular flexibility index (Phi) is 3.06. The second-order valence-electron chi connectivity index (χ2n) is 4.92. The van der Waals surface area contributed by atoms with Gasteiger partial charge in [-0.2, -0.15) is 11.3 Å². The zero-order valence-electron chi connectivity index (χ0n) is 11.2. The van der Waals surface area contributed by atoms with Crippen molar-refractivity contribution in [1.29, 1.82) is 0 Å². The first kappa shape index (κ1) is 12.9. The summed E-state index contributed by atoms with van der Waals surface area (Å²) in [6, 6.07) is 7.30. The minimum absolute atomic E-state index is 0.212. The Morgan fingerprint density at radius 3 is 2.75 bits per heavy atom. The van der Waals surface area contributed by atoms with Crippen molar-refractivity contribution < 1.29 is 9.90 Å². The van der Waals surface area contributed by atoms with Crippen LogP contribution in [0.3, 0.4) is 0 Å². The summed E-state index contributed by atoms with van der Waals surface area (Å²) < 4.78 is 2.04. The molecule has 0 bridgehead atoms. The lowest BCUT2D eigenvalue weighted by molar-refractivity contribution is 0.0699. The number of imidazole rings is 1. The van der Waals surface area contributed by atoms with E-state index in [9.17, 15) is 9.90 Å². The Hall–Kier alpha value is -2.14. The molecule has 102 valence electrons. The number of carbonyl (C=O) groups is 1. The van der Waals surface area contributed by atoms with Crippen LogP contribution in [-0.4, -0.2) is 20.6 Å². The van der Waals surface area contributed by atoms with Gasteiger partial charge in [0, 0.05) is 11.3 Å². The van der Waals surface area contributed by atoms with Gasteiger partial charge in [0.05, 0.1) is 16.8 Å². The van der Waals surface area contributed by atoms with Crippen molar-refractivity contribution in [2.45, 2.75) is 19.8 Å². The quantitative estimate of drug-likeness (QED) is 0.794. The van der Waals surface area contributed by atoms with Gasteiger partial charge in [0.25, 0.3) is 0 Å². The summed E-state index contributed by atoms with van der Waals surface area (Å²) in [5.41, 5.74) is 2.67. The van der Waals surface area contributed by atoms with Crippen LogP contribution in [0.1, 0.15) is 35.9 Å². The van der Waals surface area contributed by atoms with Crippen molar-refractivity contribution >= 4 is 28.3 Å². The summed E-state index contributed by atoms with van der Waals surface area (Å²) in [5.74, 6) is 0.150. The van der Waals surface area contributed by atoms with Crippen molar-refractivity contribution in [2.24, 2.45) is 0 Å². The SMILES string of the molecule is CC(C)c1nc2c(C(=O)O)cccc2n1-c1ccsc1. The number of rotatable bonds is 3. The van der Waals surface area contributed by atoms with Crippen LogP contribution in [0.25, 0.3) is 16.7 Å². The number of hydrogen-bond acceptors (Lipinski definition) is 3. The Balaban J connectivity index is 2.40. The third kappa shape index (κ3) is 1.91. The van der Waals surface area contributed by atoms with E-state index in [0.717, 1.165) is 17.0 Å². The molecule has 1 aromatic carbocycles. The summed E-state index contributed by atoms with van der Waals surface area (Å²) >= 11 is 1.61. The minimum atomic E-state index is -0.944. The van der Waals surface area contributed by atoms with Gasteiger partial charge in [-0.1, -0.05) is 19.9 Å². The predicted octanol–water partition coefficient (Wildman–Crippen LogP) is 3.91. The van der Waals surface area contributed by atoms with Crippen LogP contribution in [0.2, 0.25) is 0 Å². The second kappa shape index (κ2) is 4.76. The number of nitrogens with zero attached hydrogens (tertiary/aromatic N) is 2.